The van der Waals surface area contributed by atoms with E-state index in [2.05, 4.69) is 5.32 Å². The van der Waals surface area contributed by atoms with Gasteiger partial charge in [-0.1, -0.05) is 23.2 Å². The number of rotatable bonds is 3. The van der Waals surface area contributed by atoms with Gasteiger partial charge in [-0.3, -0.25) is 9.59 Å². The van der Waals surface area contributed by atoms with Crippen LogP contribution in [0.15, 0.2) is 0 Å². The molecule has 1 rings (SSSR count). The zero-order valence-corrected chi connectivity index (χ0v) is 10.7. The number of nitriles is 1. The Morgan fingerprint density at radius 3 is 2.47 bits per heavy atom. The number of alkyl halides is 2. The summed E-state index contributed by atoms with van der Waals surface area (Å²) in [6.45, 7) is 1.08. The molecular weight excluding hydrogens is 265 g/mol. The van der Waals surface area contributed by atoms with Gasteiger partial charge in [0.15, 0.2) is 4.84 Å². The number of halogens is 2. The number of likely N-dealkylation sites (tertiary alicyclic amines) is 1. The van der Waals surface area contributed by atoms with Crippen molar-refractivity contribution in [3.63, 3.8) is 0 Å². The molecular formula is C10H13Cl2N3O2. The van der Waals surface area contributed by atoms with Crippen molar-refractivity contribution >= 4 is 35.0 Å². The maximum atomic E-state index is 11.4. The third-order valence-electron chi connectivity index (χ3n) is 2.62. The molecule has 1 fully saturated rings. The van der Waals surface area contributed by atoms with E-state index in [4.69, 9.17) is 28.5 Å². The highest BCUT2D eigenvalue weighted by atomic mass is 35.5. The molecule has 94 valence electrons. The van der Waals surface area contributed by atoms with Crippen LogP contribution in [0.25, 0.3) is 0 Å². The summed E-state index contributed by atoms with van der Waals surface area (Å²) in [7, 11) is 0. The minimum Gasteiger partial charge on any atom is -0.351 e. The summed E-state index contributed by atoms with van der Waals surface area (Å²) in [5, 5.41) is 11.1. The van der Waals surface area contributed by atoms with Crippen LogP contribution in [0.5, 0.6) is 0 Å². The molecule has 0 bridgehead atoms. The molecule has 0 aromatic rings. The van der Waals surface area contributed by atoms with Gasteiger partial charge in [-0.05, 0) is 12.8 Å². The van der Waals surface area contributed by atoms with E-state index in [1.807, 2.05) is 6.07 Å². The Morgan fingerprint density at radius 1 is 1.41 bits per heavy atom. The number of nitrogens with zero attached hydrogens (tertiary/aromatic N) is 2. The average Bonchev–Trinajstić information content (AvgIpc) is 2.30. The molecule has 1 heterocycles. The van der Waals surface area contributed by atoms with Gasteiger partial charge in [-0.25, -0.2) is 0 Å². The molecule has 2 amide bonds. The second-order valence-electron chi connectivity index (χ2n) is 3.80. The fourth-order valence-corrected chi connectivity index (χ4v) is 1.84. The maximum absolute atomic E-state index is 11.4. The van der Waals surface area contributed by atoms with Crippen molar-refractivity contribution in [2.45, 2.75) is 30.1 Å². The highest BCUT2D eigenvalue weighted by Crippen LogP contribution is 2.12. The van der Waals surface area contributed by atoms with E-state index < -0.39 is 10.7 Å². The quantitative estimate of drug-likeness (QED) is 0.776. The lowest BCUT2D eigenvalue weighted by molar-refractivity contribution is -0.131. The van der Waals surface area contributed by atoms with Crippen molar-refractivity contribution in [1.82, 2.24) is 10.2 Å². The first-order valence-electron chi connectivity index (χ1n) is 5.28. The summed E-state index contributed by atoms with van der Waals surface area (Å²) < 4.78 is 0. The summed E-state index contributed by atoms with van der Waals surface area (Å²) in [5.41, 5.74) is 0. The predicted octanol–water partition coefficient (Wildman–Crippen LogP) is 0.811. The zero-order valence-electron chi connectivity index (χ0n) is 9.16. The number of amides is 2. The molecule has 0 aromatic heterocycles. The van der Waals surface area contributed by atoms with Gasteiger partial charge in [-0.2, -0.15) is 5.26 Å². The van der Waals surface area contributed by atoms with Crippen molar-refractivity contribution in [2.24, 2.45) is 0 Å². The van der Waals surface area contributed by atoms with E-state index in [0.29, 0.717) is 25.9 Å². The first-order chi connectivity index (χ1) is 8.04. The van der Waals surface area contributed by atoms with Gasteiger partial charge in [0.2, 0.25) is 5.91 Å². The molecule has 0 aliphatic carbocycles. The fraction of sp³-hybridized carbons (Fsp3) is 0.700. The third-order valence-corrected chi connectivity index (χ3v) is 3.02. The van der Waals surface area contributed by atoms with E-state index in [1.54, 1.807) is 4.90 Å². The van der Waals surface area contributed by atoms with Gasteiger partial charge in [0, 0.05) is 19.1 Å². The van der Waals surface area contributed by atoms with Gasteiger partial charge >= 0.3 is 0 Å². The molecule has 1 aliphatic heterocycles. The van der Waals surface area contributed by atoms with Crippen LogP contribution in [0.4, 0.5) is 0 Å². The second kappa shape index (κ2) is 6.67. The fourth-order valence-electron chi connectivity index (χ4n) is 1.72. The second-order valence-corrected chi connectivity index (χ2v) is 4.90. The van der Waals surface area contributed by atoms with Gasteiger partial charge in [-0.15, -0.1) is 0 Å². The van der Waals surface area contributed by atoms with Crippen LogP contribution in [0.1, 0.15) is 19.3 Å². The van der Waals surface area contributed by atoms with Gasteiger partial charge in [0.05, 0.1) is 6.07 Å². The maximum Gasteiger partial charge on any atom is 0.253 e. The minimum absolute atomic E-state index is 0.00589. The van der Waals surface area contributed by atoms with Crippen LogP contribution < -0.4 is 5.32 Å². The number of carbonyl (C=O) groups is 2. The molecule has 1 aliphatic rings. The normalized spacial score (nSPS) is 16.7. The number of hydrogen-bond acceptors (Lipinski definition) is 3. The van der Waals surface area contributed by atoms with Crippen LogP contribution in [0, 0.1) is 11.3 Å². The minimum atomic E-state index is -1.06. The van der Waals surface area contributed by atoms with Crippen molar-refractivity contribution < 1.29 is 9.59 Å². The van der Waals surface area contributed by atoms with E-state index in [9.17, 15) is 9.59 Å². The molecule has 0 radical (unpaired) electrons. The molecule has 0 spiro atoms. The summed E-state index contributed by atoms with van der Waals surface area (Å²) in [6.07, 6.45) is 1.22. The molecule has 0 atom stereocenters. The lowest BCUT2D eigenvalue weighted by Gasteiger charge is -2.32. The number of carbonyl (C=O) groups excluding carboxylic acids is 2. The Bertz CT molecular complexity index is 333. The lowest BCUT2D eigenvalue weighted by atomic mass is 10.0. The number of hydrogen-bond donors (Lipinski definition) is 1. The van der Waals surface area contributed by atoms with Crippen LogP contribution in [0.3, 0.4) is 0 Å². The molecule has 1 N–H and O–H groups in total. The molecule has 0 aromatic carbocycles. The summed E-state index contributed by atoms with van der Waals surface area (Å²) in [6, 6.07) is 1.82. The van der Waals surface area contributed by atoms with E-state index >= 15 is 0 Å². The third kappa shape index (κ3) is 4.41. The Kier molecular flexibility index (Phi) is 5.52. The Morgan fingerprint density at radius 2 is 2.00 bits per heavy atom. The summed E-state index contributed by atoms with van der Waals surface area (Å²) >= 11 is 10.8. The van der Waals surface area contributed by atoms with Crippen molar-refractivity contribution in [3.8, 4) is 6.07 Å². The zero-order chi connectivity index (χ0) is 12.8. The van der Waals surface area contributed by atoms with Gasteiger partial charge in [0.1, 0.15) is 6.42 Å². The molecule has 0 saturated carbocycles. The van der Waals surface area contributed by atoms with Crippen molar-refractivity contribution in [3.05, 3.63) is 0 Å². The summed E-state index contributed by atoms with van der Waals surface area (Å²) in [5.74, 6) is -0.569. The topological polar surface area (TPSA) is 73.2 Å². The molecule has 17 heavy (non-hydrogen) atoms. The first-order valence-corrected chi connectivity index (χ1v) is 6.15. The van der Waals surface area contributed by atoms with Gasteiger partial charge in [0.25, 0.3) is 5.91 Å². The van der Waals surface area contributed by atoms with Crippen molar-refractivity contribution in [1.29, 1.82) is 5.26 Å². The summed E-state index contributed by atoms with van der Waals surface area (Å²) in [4.78, 5) is 23.2. The first kappa shape index (κ1) is 14.1. The molecule has 7 heteroatoms. The monoisotopic (exact) mass is 277 g/mol. The molecule has 1 saturated heterocycles. The van der Waals surface area contributed by atoms with Crippen LogP contribution in [-0.4, -0.2) is 40.7 Å². The Balaban J connectivity index is 2.34. The highest BCUT2D eigenvalue weighted by Gasteiger charge is 2.24. The smallest absolute Gasteiger partial charge is 0.253 e. The lowest BCUT2D eigenvalue weighted by Crippen LogP contribution is -2.47. The number of nitrogens with one attached hydrogen (secondary N) is 1. The predicted molar refractivity (Wildman–Crippen MR) is 63.5 cm³/mol. The van der Waals surface area contributed by atoms with Crippen molar-refractivity contribution in [2.75, 3.05) is 13.1 Å². The highest BCUT2D eigenvalue weighted by molar-refractivity contribution is 6.53. The average molecular weight is 278 g/mol. The van der Waals surface area contributed by atoms with Gasteiger partial charge < -0.3 is 10.2 Å². The van der Waals surface area contributed by atoms with Crippen LogP contribution in [0.2, 0.25) is 0 Å². The van der Waals surface area contributed by atoms with Crippen LogP contribution in [-0.2, 0) is 9.59 Å². The largest absolute Gasteiger partial charge is 0.351 e. The molecule has 0 unspecified atom stereocenters. The number of piperidine rings is 1. The van der Waals surface area contributed by atoms with E-state index in [-0.39, 0.29) is 18.4 Å². The standard InChI is InChI=1S/C10H13Cl2N3O2/c11-9(12)10(17)14-7-2-5-15(6-3-7)8(16)1-4-13/h7,9H,1-3,5-6H2,(H,14,17). The van der Waals surface area contributed by atoms with E-state index in [0.717, 1.165) is 0 Å². The Labute approximate surface area is 110 Å². The van der Waals surface area contributed by atoms with E-state index in [1.165, 1.54) is 0 Å². The van der Waals surface area contributed by atoms with Crippen LogP contribution >= 0.6 is 23.2 Å². The SMILES string of the molecule is N#CCC(=O)N1CCC(NC(=O)C(Cl)Cl)CC1. The molecule has 5 nitrogen and oxygen atoms in total. The Hall–Kier alpha value is -0.990.